The smallest absolute Gasteiger partial charge is 0.340 e. The summed E-state index contributed by atoms with van der Waals surface area (Å²) in [5, 5.41) is 8.86. The molecule has 0 fully saturated rings. The zero-order chi connectivity index (χ0) is 12.1. The van der Waals surface area contributed by atoms with Crippen LogP contribution in [0, 0.1) is 12.3 Å². The van der Waals surface area contributed by atoms with Gasteiger partial charge in [-0.25, -0.2) is 9.59 Å². The van der Waals surface area contributed by atoms with Gasteiger partial charge in [0, 0.05) is 0 Å². The maximum Gasteiger partial charge on any atom is 0.340 e. The van der Waals surface area contributed by atoms with Crippen LogP contribution in [0.15, 0.2) is 24.3 Å². The molecule has 1 unspecified atom stereocenters. The number of alkyl halides is 1. The van der Waals surface area contributed by atoms with Gasteiger partial charge in [0.05, 0.1) is 11.1 Å². The van der Waals surface area contributed by atoms with Crippen LogP contribution in [0.2, 0.25) is 0 Å². The number of esters is 1. The summed E-state index contributed by atoms with van der Waals surface area (Å²) in [6, 6.07) is 5.80. The van der Waals surface area contributed by atoms with Gasteiger partial charge in [0.25, 0.3) is 0 Å². The quantitative estimate of drug-likeness (QED) is 0.398. The molecule has 1 rings (SSSR count). The lowest BCUT2D eigenvalue weighted by Gasteiger charge is -2.07. The van der Waals surface area contributed by atoms with Gasteiger partial charge < -0.3 is 9.84 Å². The predicted octanol–water partition coefficient (Wildman–Crippen LogP) is 1.94. The first kappa shape index (κ1) is 12.5. The molecule has 0 bridgehead atoms. The van der Waals surface area contributed by atoms with Crippen molar-refractivity contribution in [3.8, 4) is 12.3 Å². The molecule has 0 saturated heterocycles. The normalized spacial score (nSPS) is 11.2. The van der Waals surface area contributed by atoms with Crippen LogP contribution in [0.1, 0.15) is 20.7 Å². The van der Waals surface area contributed by atoms with Gasteiger partial charge in [-0.05, 0) is 34.7 Å². The van der Waals surface area contributed by atoms with Crippen molar-refractivity contribution in [3.05, 3.63) is 35.4 Å². The Morgan fingerprint density at radius 2 is 1.94 bits per heavy atom. The van der Waals surface area contributed by atoms with Gasteiger partial charge >= 0.3 is 11.9 Å². The number of carboxylic acids is 1. The highest BCUT2D eigenvalue weighted by atomic mass is 127. The SMILES string of the molecule is C#CC(I)OC(=O)c1ccccc1C(=O)O. The molecule has 0 aliphatic rings. The van der Waals surface area contributed by atoms with Crippen LogP contribution in [0.4, 0.5) is 0 Å². The molecule has 16 heavy (non-hydrogen) atoms. The average molecular weight is 330 g/mol. The number of terminal acetylenes is 1. The fourth-order valence-electron chi connectivity index (χ4n) is 1.04. The number of carbonyl (C=O) groups excluding carboxylic acids is 1. The van der Waals surface area contributed by atoms with Crippen molar-refractivity contribution in [2.45, 2.75) is 4.11 Å². The highest BCUT2D eigenvalue weighted by molar-refractivity contribution is 14.1. The number of rotatable bonds is 3. The first-order valence-corrected chi connectivity index (χ1v) is 5.44. The van der Waals surface area contributed by atoms with Crippen molar-refractivity contribution < 1.29 is 19.4 Å². The first-order chi connectivity index (χ1) is 7.56. The Kier molecular flexibility index (Phi) is 4.31. The van der Waals surface area contributed by atoms with E-state index in [2.05, 4.69) is 5.92 Å². The molecule has 0 heterocycles. The van der Waals surface area contributed by atoms with Crippen molar-refractivity contribution in [2.75, 3.05) is 0 Å². The number of ether oxygens (including phenoxy) is 1. The van der Waals surface area contributed by atoms with E-state index in [4.69, 9.17) is 16.3 Å². The minimum Gasteiger partial charge on any atom is -0.478 e. The molecular formula is C11H7IO4. The molecule has 4 nitrogen and oxygen atoms in total. The van der Waals surface area contributed by atoms with Crippen molar-refractivity contribution in [1.29, 1.82) is 0 Å². The molecule has 1 aromatic rings. The van der Waals surface area contributed by atoms with E-state index in [9.17, 15) is 9.59 Å². The lowest BCUT2D eigenvalue weighted by atomic mass is 10.1. The molecule has 82 valence electrons. The van der Waals surface area contributed by atoms with Crippen molar-refractivity contribution in [3.63, 3.8) is 0 Å². The van der Waals surface area contributed by atoms with E-state index in [0.717, 1.165) is 0 Å². The Morgan fingerprint density at radius 1 is 1.38 bits per heavy atom. The van der Waals surface area contributed by atoms with Crippen LogP contribution >= 0.6 is 22.6 Å². The number of aromatic carboxylic acids is 1. The Morgan fingerprint density at radius 3 is 2.44 bits per heavy atom. The van der Waals surface area contributed by atoms with E-state index in [1.807, 2.05) is 0 Å². The zero-order valence-corrected chi connectivity index (χ0v) is 10.2. The minimum atomic E-state index is -1.18. The molecule has 0 spiro atoms. The summed E-state index contributed by atoms with van der Waals surface area (Å²) in [6.45, 7) is 0. The van der Waals surface area contributed by atoms with Gasteiger partial charge in [-0.1, -0.05) is 18.1 Å². The molecular weight excluding hydrogens is 323 g/mol. The van der Waals surface area contributed by atoms with Crippen molar-refractivity contribution >= 4 is 34.5 Å². The molecule has 0 aliphatic carbocycles. The predicted molar refractivity (Wildman–Crippen MR) is 65.5 cm³/mol. The maximum atomic E-state index is 11.6. The third kappa shape index (κ3) is 2.97. The lowest BCUT2D eigenvalue weighted by molar-refractivity contribution is 0.0525. The summed E-state index contributed by atoms with van der Waals surface area (Å²) in [7, 11) is 0. The third-order valence-corrected chi connectivity index (χ3v) is 2.33. The van der Waals surface area contributed by atoms with E-state index in [0.29, 0.717) is 0 Å². The Bertz CT molecular complexity index is 461. The van der Waals surface area contributed by atoms with Crippen LogP contribution in [-0.4, -0.2) is 21.2 Å². The molecule has 0 amide bonds. The van der Waals surface area contributed by atoms with E-state index >= 15 is 0 Å². The van der Waals surface area contributed by atoms with Crippen LogP contribution in [0.3, 0.4) is 0 Å². The molecule has 1 atom stereocenters. The van der Waals surface area contributed by atoms with Crippen LogP contribution < -0.4 is 0 Å². The molecule has 0 aliphatic heterocycles. The van der Waals surface area contributed by atoms with Crippen LogP contribution in [-0.2, 0) is 4.74 Å². The molecule has 0 saturated carbocycles. The molecule has 0 aromatic heterocycles. The number of hydrogen-bond acceptors (Lipinski definition) is 3. The standard InChI is InChI=1S/C11H7IO4/c1-2-9(12)16-11(15)8-6-4-3-5-7(8)10(13)14/h1,3-6,9H,(H,13,14). The van der Waals surface area contributed by atoms with Crippen LogP contribution in [0.25, 0.3) is 0 Å². The highest BCUT2D eigenvalue weighted by Gasteiger charge is 2.18. The summed E-state index contributed by atoms with van der Waals surface area (Å²) < 4.78 is 4.11. The zero-order valence-electron chi connectivity index (χ0n) is 8.01. The second-order valence-electron chi connectivity index (χ2n) is 2.74. The van der Waals surface area contributed by atoms with Gasteiger partial charge in [0.1, 0.15) is 0 Å². The van der Waals surface area contributed by atoms with Gasteiger partial charge in [0.15, 0.2) is 0 Å². The summed E-state index contributed by atoms with van der Waals surface area (Å²) in [6.07, 6.45) is 5.05. The average Bonchev–Trinajstić information content (AvgIpc) is 2.28. The number of carboxylic acid groups (broad SMARTS) is 1. The summed E-state index contributed by atoms with van der Waals surface area (Å²) in [5.74, 6) is 0.288. The first-order valence-electron chi connectivity index (χ1n) is 4.19. The van der Waals surface area contributed by atoms with Gasteiger partial charge in [0.2, 0.25) is 4.11 Å². The number of carbonyl (C=O) groups is 2. The number of benzene rings is 1. The summed E-state index contributed by atoms with van der Waals surface area (Å²) >= 11 is 1.75. The number of hydrogen-bond donors (Lipinski definition) is 1. The largest absolute Gasteiger partial charge is 0.478 e. The summed E-state index contributed by atoms with van der Waals surface area (Å²) in [4.78, 5) is 22.4. The Balaban J connectivity index is 3.00. The minimum absolute atomic E-state index is 0.00749. The Hall–Kier alpha value is -1.55. The lowest BCUT2D eigenvalue weighted by Crippen LogP contribution is -2.14. The van der Waals surface area contributed by atoms with Crippen molar-refractivity contribution in [1.82, 2.24) is 0 Å². The van der Waals surface area contributed by atoms with Crippen LogP contribution in [0.5, 0.6) is 0 Å². The van der Waals surface area contributed by atoms with Gasteiger partial charge in [-0.3, -0.25) is 0 Å². The molecule has 1 N–H and O–H groups in total. The van der Waals surface area contributed by atoms with E-state index in [-0.39, 0.29) is 11.1 Å². The van der Waals surface area contributed by atoms with Crippen molar-refractivity contribution in [2.24, 2.45) is 0 Å². The van der Waals surface area contributed by atoms with E-state index in [1.165, 1.54) is 18.2 Å². The topological polar surface area (TPSA) is 63.6 Å². The molecule has 0 radical (unpaired) electrons. The second kappa shape index (κ2) is 5.51. The highest BCUT2D eigenvalue weighted by Crippen LogP contribution is 2.13. The van der Waals surface area contributed by atoms with Gasteiger partial charge in [-0.2, -0.15) is 0 Å². The van der Waals surface area contributed by atoms with E-state index in [1.54, 1.807) is 28.7 Å². The monoisotopic (exact) mass is 330 g/mol. The second-order valence-corrected chi connectivity index (χ2v) is 3.87. The molecule has 5 heteroatoms. The molecule has 1 aromatic carbocycles. The fourth-order valence-corrected chi connectivity index (χ4v) is 1.27. The maximum absolute atomic E-state index is 11.6. The number of halogens is 1. The van der Waals surface area contributed by atoms with E-state index < -0.39 is 16.0 Å². The summed E-state index contributed by atoms with van der Waals surface area (Å²) in [5.41, 5.74) is -0.111. The Labute approximate surface area is 106 Å². The van der Waals surface area contributed by atoms with Gasteiger partial charge in [-0.15, -0.1) is 6.42 Å². The fraction of sp³-hybridized carbons (Fsp3) is 0.0909. The third-order valence-electron chi connectivity index (χ3n) is 1.72.